The van der Waals surface area contributed by atoms with Gasteiger partial charge in [-0.05, 0) is 5.56 Å². The Morgan fingerprint density at radius 1 is 1.09 bits per heavy atom. The first-order valence-electron chi connectivity index (χ1n) is 10.9. The lowest BCUT2D eigenvalue weighted by atomic mass is 10.2. The van der Waals surface area contributed by atoms with Crippen molar-refractivity contribution in [3.63, 3.8) is 0 Å². The van der Waals surface area contributed by atoms with Crippen molar-refractivity contribution in [3.05, 3.63) is 104 Å². The molecule has 5 rings (SSSR count). The Morgan fingerprint density at radius 3 is 2.49 bits per heavy atom. The summed E-state index contributed by atoms with van der Waals surface area (Å²) in [6, 6.07) is 19.0. The number of amides is 1. The topological polar surface area (TPSA) is 118 Å². The molecule has 0 fully saturated rings. The predicted octanol–water partition coefficient (Wildman–Crippen LogP) is 2.75. The highest BCUT2D eigenvalue weighted by Crippen LogP contribution is 2.24. The normalized spacial score (nSPS) is 11.1. The third-order valence-electron chi connectivity index (χ3n) is 5.79. The van der Waals surface area contributed by atoms with Crippen molar-refractivity contribution in [1.29, 1.82) is 0 Å². The third kappa shape index (κ3) is 4.26. The highest BCUT2D eigenvalue weighted by Gasteiger charge is 2.22. The molecule has 0 atom stereocenters. The lowest BCUT2D eigenvalue weighted by molar-refractivity contribution is -0.117. The first-order chi connectivity index (χ1) is 16.9. The Labute approximate surface area is 203 Å². The Kier molecular flexibility index (Phi) is 5.79. The number of carbonyl (C=O) groups excluding carboxylic acids is 1. The average Bonchev–Trinajstić information content (AvgIpc) is 3.45. The number of benzene rings is 2. The van der Waals surface area contributed by atoms with E-state index >= 15 is 0 Å². The molecule has 0 saturated heterocycles. The number of nitrogens with one attached hydrogen (secondary N) is 1. The zero-order chi connectivity index (χ0) is 24.5. The number of likely N-dealkylation sites (N-methyl/N-ethyl adjacent to an activating group) is 1. The van der Waals surface area contributed by atoms with Gasteiger partial charge in [-0.15, -0.1) is 11.3 Å². The van der Waals surface area contributed by atoms with Gasteiger partial charge in [0.25, 0.3) is 5.56 Å². The highest BCUT2D eigenvalue weighted by atomic mass is 32.1. The minimum Gasteiger partial charge on any atom is -0.383 e. The largest absolute Gasteiger partial charge is 0.383 e. The fourth-order valence-electron chi connectivity index (χ4n) is 3.93. The van der Waals surface area contributed by atoms with Gasteiger partial charge in [0, 0.05) is 29.9 Å². The number of imidazole rings is 1. The van der Waals surface area contributed by atoms with E-state index in [2.05, 4.69) is 9.97 Å². The summed E-state index contributed by atoms with van der Waals surface area (Å²) in [5, 5.41) is 1.87. The lowest BCUT2D eigenvalue weighted by Crippen LogP contribution is -2.40. The molecule has 2 aromatic carbocycles. The zero-order valence-electron chi connectivity index (χ0n) is 18.8. The third-order valence-corrected chi connectivity index (χ3v) is 6.68. The Balaban J connectivity index is 1.43. The number of thiazole rings is 1. The van der Waals surface area contributed by atoms with Gasteiger partial charge >= 0.3 is 5.69 Å². The van der Waals surface area contributed by atoms with Crippen LogP contribution in [0.5, 0.6) is 0 Å². The second kappa shape index (κ2) is 9.07. The van der Waals surface area contributed by atoms with E-state index in [9.17, 15) is 14.4 Å². The van der Waals surface area contributed by atoms with Crippen molar-refractivity contribution in [3.8, 4) is 11.3 Å². The number of hydrogen-bond donors (Lipinski definition) is 2. The fourth-order valence-corrected chi connectivity index (χ4v) is 4.80. The first-order valence-corrected chi connectivity index (χ1v) is 11.7. The lowest BCUT2D eigenvalue weighted by Gasteiger charge is -2.20. The number of nitrogens with two attached hydrogens (primary N) is 1. The van der Waals surface area contributed by atoms with Crippen molar-refractivity contribution in [1.82, 2.24) is 18.9 Å². The molecule has 0 unspecified atom stereocenters. The molecule has 9 nitrogen and oxygen atoms in total. The van der Waals surface area contributed by atoms with Crippen LogP contribution < -0.4 is 21.9 Å². The fraction of sp³-hybridized carbons (Fsp3) is 0.120. The first kappa shape index (κ1) is 22.4. The number of H-pyrrole nitrogens is 1. The van der Waals surface area contributed by atoms with E-state index in [1.165, 1.54) is 27.9 Å². The summed E-state index contributed by atoms with van der Waals surface area (Å²) in [5.74, 6) is -0.412. The minimum absolute atomic E-state index is 0.0256. The van der Waals surface area contributed by atoms with E-state index in [4.69, 9.17) is 5.73 Å². The van der Waals surface area contributed by atoms with Gasteiger partial charge in [-0.3, -0.25) is 23.5 Å². The standard InChI is InChI=1S/C25H22N6O3S/c1-29(21-22(26)31(24(34)28-23(21)33)13-16-8-4-2-5-9-16)20(32)12-18-15-35-25-27-19(14-30(18)25)17-10-6-3-7-11-17/h2-11,14-15H,12-13,26H2,1H3,(H,28,33,34). The molecule has 10 heteroatoms. The summed E-state index contributed by atoms with van der Waals surface area (Å²) in [6.45, 7) is 0.166. The van der Waals surface area contributed by atoms with Crippen LogP contribution in [0.4, 0.5) is 11.5 Å². The van der Waals surface area contributed by atoms with E-state index in [1.807, 2.05) is 76.6 Å². The molecule has 0 saturated carbocycles. The predicted molar refractivity (Wildman–Crippen MR) is 137 cm³/mol. The van der Waals surface area contributed by atoms with E-state index in [-0.39, 0.29) is 30.4 Å². The molecule has 176 valence electrons. The molecule has 3 heterocycles. The molecule has 5 aromatic rings. The number of nitrogens with zero attached hydrogens (tertiary/aromatic N) is 4. The van der Waals surface area contributed by atoms with Gasteiger partial charge in [-0.2, -0.15) is 0 Å². The molecular weight excluding hydrogens is 464 g/mol. The monoisotopic (exact) mass is 486 g/mol. The van der Waals surface area contributed by atoms with Crippen molar-refractivity contribution in [2.45, 2.75) is 13.0 Å². The smallest absolute Gasteiger partial charge is 0.330 e. The van der Waals surface area contributed by atoms with Gasteiger partial charge < -0.3 is 10.6 Å². The van der Waals surface area contributed by atoms with Crippen molar-refractivity contribution >= 4 is 33.7 Å². The van der Waals surface area contributed by atoms with Crippen molar-refractivity contribution in [2.75, 3.05) is 17.7 Å². The number of anilines is 2. The Bertz CT molecular complexity index is 1630. The average molecular weight is 487 g/mol. The minimum atomic E-state index is -0.711. The molecule has 0 aliphatic heterocycles. The van der Waals surface area contributed by atoms with E-state index in [0.717, 1.165) is 27.5 Å². The van der Waals surface area contributed by atoms with E-state index < -0.39 is 11.2 Å². The van der Waals surface area contributed by atoms with Crippen LogP contribution in [-0.2, 0) is 17.8 Å². The molecule has 3 aromatic heterocycles. The molecule has 1 amide bonds. The van der Waals surface area contributed by atoms with Crippen LogP contribution in [0.15, 0.2) is 81.8 Å². The van der Waals surface area contributed by atoms with E-state index in [1.54, 1.807) is 0 Å². The van der Waals surface area contributed by atoms with Gasteiger partial charge in [-0.25, -0.2) is 9.78 Å². The van der Waals surface area contributed by atoms with Crippen molar-refractivity contribution in [2.24, 2.45) is 0 Å². The number of aromatic nitrogens is 4. The highest BCUT2D eigenvalue weighted by molar-refractivity contribution is 7.15. The molecule has 0 bridgehead atoms. The van der Waals surface area contributed by atoms with Crippen LogP contribution in [0.2, 0.25) is 0 Å². The van der Waals surface area contributed by atoms with Crippen LogP contribution in [0.3, 0.4) is 0 Å². The number of hydrogen-bond acceptors (Lipinski definition) is 6. The van der Waals surface area contributed by atoms with Gasteiger partial charge in [0.05, 0.1) is 18.7 Å². The molecule has 35 heavy (non-hydrogen) atoms. The number of rotatable bonds is 6. The number of nitrogen functional groups attached to an aromatic ring is 1. The second-order valence-electron chi connectivity index (χ2n) is 8.07. The Hall–Kier alpha value is -4.44. The second-order valence-corrected chi connectivity index (χ2v) is 8.90. The van der Waals surface area contributed by atoms with Gasteiger partial charge in [0.2, 0.25) is 5.91 Å². The van der Waals surface area contributed by atoms with Crippen LogP contribution in [0.1, 0.15) is 11.3 Å². The maximum atomic E-state index is 13.2. The Morgan fingerprint density at radius 2 is 1.77 bits per heavy atom. The zero-order valence-corrected chi connectivity index (χ0v) is 19.7. The molecular formula is C25H22N6O3S. The van der Waals surface area contributed by atoms with Crippen LogP contribution in [0.25, 0.3) is 16.2 Å². The maximum absolute atomic E-state index is 13.2. The summed E-state index contributed by atoms with van der Waals surface area (Å²) >= 11 is 1.43. The molecule has 0 radical (unpaired) electrons. The quantitative estimate of drug-likeness (QED) is 0.383. The van der Waals surface area contributed by atoms with Crippen LogP contribution in [0, 0.1) is 0 Å². The molecule has 0 spiro atoms. The maximum Gasteiger partial charge on any atom is 0.330 e. The summed E-state index contributed by atoms with van der Waals surface area (Å²) in [6.07, 6.45) is 1.92. The van der Waals surface area contributed by atoms with Gasteiger partial charge in [-0.1, -0.05) is 60.7 Å². The van der Waals surface area contributed by atoms with Gasteiger partial charge in [0.1, 0.15) is 5.82 Å². The summed E-state index contributed by atoms with van der Waals surface area (Å²) in [5.41, 5.74) is 8.21. The summed E-state index contributed by atoms with van der Waals surface area (Å²) < 4.78 is 3.13. The SMILES string of the molecule is CN(C(=O)Cc1csc2nc(-c3ccccc3)cn12)c1c(N)n(Cc2ccccc2)c(=O)[nH]c1=O. The number of aromatic amines is 1. The summed E-state index contributed by atoms with van der Waals surface area (Å²) in [7, 11) is 1.48. The number of carbonyl (C=O) groups is 1. The van der Waals surface area contributed by atoms with Crippen LogP contribution in [-0.4, -0.2) is 31.9 Å². The molecule has 0 aliphatic rings. The van der Waals surface area contributed by atoms with Crippen LogP contribution >= 0.6 is 11.3 Å². The molecule has 0 aliphatic carbocycles. The number of fused-ring (bicyclic) bond motifs is 1. The van der Waals surface area contributed by atoms with Gasteiger partial charge in [0.15, 0.2) is 10.6 Å². The van der Waals surface area contributed by atoms with Crippen molar-refractivity contribution < 1.29 is 4.79 Å². The summed E-state index contributed by atoms with van der Waals surface area (Å²) in [4.78, 5) is 47.2. The van der Waals surface area contributed by atoms with E-state index in [0.29, 0.717) is 0 Å². The molecule has 3 N–H and O–H groups in total.